The van der Waals surface area contributed by atoms with Gasteiger partial charge in [0.1, 0.15) is 0 Å². The Labute approximate surface area is 101 Å². The van der Waals surface area contributed by atoms with Crippen LogP contribution < -0.4 is 5.32 Å². The molecule has 1 saturated heterocycles. The molecule has 92 valence electrons. The van der Waals surface area contributed by atoms with Crippen molar-refractivity contribution in [1.82, 2.24) is 5.32 Å². The van der Waals surface area contributed by atoms with Gasteiger partial charge in [-0.2, -0.15) is 11.8 Å². The van der Waals surface area contributed by atoms with Gasteiger partial charge in [0.2, 0.25) is 0 Å². The van der Waals surface area contributed by atoms with E-state index < -0.39 is 5.97 Å². The van der Waals surface area contributed by atoms with Gasteiger partial charge in [0.05, 0.1) is 5.92 Å². The Morgan fingerprint density at radius 2 is 2.25 bits per heavy atom. The standard InChI is InChI=1S/C12H21NO2S/c1-8-11(5-6-16-8)13-7-9-3-2-4-10(9)12(14)15/h8-11,13H,2-7H2,1H3,(H,14,15). The Hall–Kier alpha value is -0.220. The van der Waals surface area contributed by atoms with E-state index in [1.807, 2.05) is 11.8 Å². The molecule has 0 radical (unpaired) electrons. The average molecular weight is 243 g/mol. The van der Waals surface area contributed by atoms with E-state index >= 15 is 0 Å². The molecule has 4 unspecified atom stereocenters. The summed E-state index contributed by atoms with van der Waals surface area (Å²) in [6.45, 7) is 3.16. The molecule has 16 heavy (non-hydrogen) atoms. The molecule has 3 nitrogen and oxygen atoms in total. The monoisotopic (exact) mass is 243 g/mol. The van der Waals surface area contributed by atoms with Crippen molar-refractivity contribution in [2.45, 2.75) is 43.9 Å². The molecule has 2 aliphatic rings. The fourth-order valence-corrected chi connectivity index (χ4v) is 4.14. The summed E-state index contributed by atoms with van der Waals surface area (Å²) in [5.41, 5.74) is 0. The third-order valence-electron chi connectivity index (χ3n) is 3.99. The quantitative estimate of drug-likeness (QED) is 0.792. The first-order chi connectivity index (χ1) is 7.68. The van der Waals surface area contributed by atoms with E-state index in [1.54, 1.807) is 0 Å². The highest BCUT2D eigenvalue weighted by Gasteiger charge is 2.33. The van der Waals surface area contributed by atoms with Crippen LogP contribution in [0.5, 0.6) is 0 Å². The number of carboxylic acids is 1. The topological polar surface area (TPSA) is 49.3 Å². The molecule has 2 N–H and O–H groups in total. The molecule has 0 aromatic carbocycles. The number of carboxylic acid groups (broad SMARTS) is 1. The smallest absolute Gasteiger partial charge is 0.306 e. The van der Waals surface area contributed by atoms with Crippen molar-refractivity contribution in [2.24, 2.45) is 11.8 Å². The maximum atomic E-state index is 11.0. The van der Waals surface area contributed by atoms with E-state index in [1.165, 1.54) is 12.2 Å². The molecule has 2 fully saturated rings. The first kappa shape index (κ1) is 12.2. The predicted octanol–water partition coefficient (Wildman–Crippen LogP) is 1.97. The van der Waals surface area contributed by atoms with Crippen molar-refractivity contribution >= 4 is 17.7 Å². The molecular weight excluding hydrogens is 222 g/mol. The SMILES string of the molecule is CC1SCCC1NCC1CCCC1C(=O)O. The van der Waals surface area contributed by atoms with Gasteiger partial charge in [-0.05, 0) is 37.5 Å². The number of hydrogen-bond donors (Lipinski definition) is 2. The molecule has 0 spiro atoms. The van der Waals surface area contributed by atoms with Gasteiger partial charge >= 0.3 is 5.97 Å². The van der Waals surface area contributed by atoms with Gasteiger partial charge in [0.25, 0.3) is 0 Å². The molecule has 1 aliphatic carbocycles. The van der Waals surface area contributed by atoms with E-state index in [2.05, 4.69) is 12.2 Å². The van der Waals surface area contributed by atoms with E-state index in [0.29, 0.717) is 17.2 Å². The predicted molar refractivity (Wildman–Crippen MR) is 66.8 cm³/mol. The third kappa shape index (κ3) is 2.72. The maximum Gasteiger partial charge on any atom is 0.306 e. The number of hydrogen-bond acceptors (Lipinski definition) is 3. The Morgan fingerprint density at radius 1 is 1.44 bits per heavy atom. The highest BCUT2D eigenvalue weighted by molar-refractivity contribution is 8.00. The average Bonchev–Trinajstić information content (AvgIpc) is 2.83. The Kier molecular flexibility index (Phi) is 4.14. The Morgan fingerprint density at radius 3 is 2.88 bits per heavy atom. The number of nitrogens with one attached hydrogen (secondary N) is 1. The fraction of sp³-hybridized carbons (Fsp3) is 0.917. The van der Waals surface area contributed by atoms with Crippen LogP contribution in [-0.4, -0.2) is 34.7 Å². The van der Waals surface area contributed by atoms with E-state index in [4.69, 9.17) is 5.11 Å². The zero-order valence-electron chi connectivity index (χ0n) is 9.82. The third-order valence-corrected chi connectivity index (χ3v) is 5.32. The number of aliphatic carboxylic acids is 1. The van der Waals surface area contributed by atoms with Crippen LogP contribution in [0.15, 0.2) is 0 Å². The molecule has 0 amide bonds. The lowest BCUT2D eigenvalue weighted by molar-refractivity contribution is -0.142. The number of carbonyl (C=O) groups is 1. The second-order valence-corrected chi connectivity index (χ2v) is 6.50. The zero-order chi connectivity index (χ0) is 11.5. The summed E-state index contributed by atoms with van der Waals surface area (Å²) >= 11 is 2.02. The zero-order valence-corrected chi connectivity index (χ0v) is 10.6. The highest BCUT2D eigenvalue weighted by Crippen LogP contribution is 2.32. The second-order valence-electron chi connectivity index (χ2n) is 5.02. The Balaban J connectivity index is 1.78. The van der Waals surface area contributed by atoms with Crippen molar-refractivity contribution in [1.29, 1.82) is 0 Å². The van der Waals surface area contributed by atoms with Crippen molar-refractivity contribution < 1.29 is 9.90 Å². The van der Waals surface area contributed by atoms with Crippen LogP contribution >= 0.6 is 11.8 Å². The summed E-state index contributed by atoms with van der Waals surface area (Å²) in [6.07, 6.45) is 4.27. The molecule has 4 atom stereocenters. The molecule has 4 heteroatoms. The fourth-order valence-electron chi connectivity index (χ4n) is 2.91. The van der Waals surface area contributed by atoms with Crippen LogP contribution in [0.2, 0.25) is 0 Å². The minimum atomic E-state index is -0.599. The molecule has 0 aromatic rings. The van der Waals surface area contributed by atoms with Gasteiger partial charge < -0.3 is 10.4 Å². The lowest BCUT2D eigenvalue weighted by Gasteiger charge is -2.21. The van der Waals surface area contributed by atoms with Gasteiger partial charge in [-0.1, -0.05) is 13.3 Å². The van der Waals surface area contributed by atoms with Crippen molar-refractivity contribution in [3.05, 3.63) is 0 Å². The van der Waals surface area contributed by atoms with E-state index in [9.17, 15) is 4.79 Å². The van der Waals surface area contributed by atoms with Crippen LogP contribution in [0, 0.1) is 11.8 Å². The minimum absolute atomic E-state index is 0.100. The molecule has 1 saturated carbocycles. The normalized spacial score (nSPS) is 39.1. The van der Waals surface area contributed by atoms with Crippen LogP contribution in [0.4, 0.5) is 0 Å². The van der Waals surface area contributed by atoms with Crippen molar-refractivity contribution in [3.63, 3.8) is 0 Å². The van der Waals surface area contributed by atoms with Crippen molar-refractivity contribution in [2.75, 3.05) is 12.3 Å². The highest BCUT2D eigenvalue weighted by atomic mass is 32.2. The lowest BCUT2D eigenvalue weighted by atomic mass is 9.95. The summed E-state index contributed by atoms with van der Waals surface area (Å²) < 4.78 is 0. The summed E-state index contributed by atoms with van der Waals surface area (Å²) in [4.78, 5) is 11.0. The van der Waals surface area contributed by atoms with E-state index in [-0.39, 0.29) is 5.92 Å². The lowest BCUT2D eigenvalue weighted by Crippen LogP contribution is -2.38. The van der Waals surface area contributed by atoms with E-state index in [0.717, 1.165) is 25.8 Å². The maximum absolute atomic E-state index is 11.0. The molecule has 1 heterocycles. The molecular formula is C12H21NO2S. The molecule has 1 aliphatic heterocycles. The largest absolute Gasteiger partial charge is 0.481 e. The molecule has 0 aromatic heterocycles. The summed E-state index contributed by atoms with van der Waals surface area (Å²) in [5, 5.41) is 13.4. The van der Waals surface area contributed by atoms with Crippen LogP contribution in [0.1, 0.15) is 32.6 Å². The summed E-state index contributed by atoms with van der Waals surface area (Å²) in [6, 6.07) is 0.597. The van der Waals surface area contributed by atoms with Crippen LogP contribution in [-0.2, 0) is 4.79 Å². The summed E-state index contributed by atoms with van der Waals surface area (Å²) in [5.74, 6) is 0.900. The van der Waals surface area contributed by atoms with Crippen LogP contribution in [0.3, 0.4) is 0 Å². The van der Waals surface area contributed by atoms with Gasteiger partial charge in [-0.15, -0.1) is 0 Å². The Bertz CT molecular complexity index is 259. The summed E-state index contributed by atoms with van der Waals surface area (Å²) in [7, 11) is 0. The molecule has 2 rings (SSSR count). The second kappa shape index (κ2) is 5.41. The van der Waals surface area contributed by atoms with Gasteiger partial charge in [-0.3, -0.25) is 4.79 Å². The first-order valence-corrected chi connectivity index (χ1v) is 7.31. The number of thioether (sulfide) groups is 1. The molecule has 0 bridgehead atoms. The van der Waals surface area contributed by atoms with Gasteiger partial charge in [-0.25, -0.2) is 0 Å². The minimum Gasteiger partial charge on any atom is -0.481 e. The van der Waals surface area contributed by atoms with Crippen LogP contribution in [0.25, 0.3) is 0 Å². The van der Waals surface area contributed by atoms with Gasteiger partial charge in [0.15, 0.2) is 0 Å². The number of rotatable bonds is 4. The van der Waals surface area contributed by atoms with Gasteiger partial charge in [0, 0.05) is 11.3 Å². The van der Waals surface area contributed by atoms with Crippen molar-refractivity contribution in [3.8, 4) is 0 Å². The first-order valence-electron chi connectivity index (χ1n) is 6.26.